The number of hydrogen-bond donors (Lipinski definition) is 1. The number of quaternary nitrogens is 1. The Balaban J connectivity index is 1.95. The summed E-state index contributed by atoms with van der Waals surface area (Å²) in [7, 11) is 2.87. The number of rotatable bonds is 3. The fourth-order valence-electron chi connectivity index (χ4n) is 2.22. The van der Waals surface area contributed by atoms with Crippen LogP contribution in [0.25, 0.3) is 16.0 Å². The van der Waals surface area contributed by atoms with E-state index in [-0.39, 0.29) is 18.1 Å². The Hall–Kier alpha value is -2.02. The average molecular weight is 319 g/mol. The molecule has 0 aliphatic rings. The number of halogens is 1. The first-order valence-electron chi connectivity index (χ1n) is 6.79. The van der Waals surface area contributed by atoms with E-state index in [1.54, 1.807) is 12.1 Å². The molecule has 0 unspecified atom stereocenters. The van der Waals surface area contributed by atoms with Crippen LogP contribution in [0.1, 0.15) is 5.69 Å². The molecule has 2 heterocycles. The summed E-state index contributed by atoms with van der Waals surface area (Å²) in [6.07, 6.45) is 2.08. The Morgan fingerprint density at radius 3 is 2.59 bits per heavy atom. The van der Waals surface area contributed by atoms with Crippen LogP contribution in [0.15, 0.2) is 41.9 Å². The molecule has 0 spiro atoms. The van der Waals surface area contributed by atoms with Gasteiger partial charge in [-0.1, -0.05) is 12.1 Å². The van der Waals surface area contributed by atoms with Crippen LogP contribution in [0.5, 0.6) is 0 Å². The number of amides is 1. The van der Waals surface area contributed by atoms with Crippen LogP contribution in [0.3, 0.4) is 0 Å². The lowest BCUT2D eigenvalue weighted by atomic mass is 10.1. The zero-order valence-electron chi connectivity index (χ0n) is 12.3. The number of hydroxylamine groups is 3. The van der Waals surface area contributed by atoms with E-state index in [0.29, 0.717) is 0 Å². The molecule has 0 aliphatic carbocycles. The molecule has 0 atom stereocenters. The van der Waals surface area contributed by atoms with Crippen molar-refractivity contribution in [1.29, 1.82) is 0 Å². The second-order valence-electron chi connectivity index (χ2n) is 5.64. The third kappa shape index (κ3) is 2.81. The highest BCUT2D eigenvalue weighted by Crippen LogP contribution is 2.27. The third-order valence-electron chi connectivity index (χ3n) is 3.53. The lowest BCUT2D eigenvalue weighted by Gasteiger charge is -2.15. The minimum Gasteiger partial charge on any atom is -0.310 e. The van der Waals surface area contributed by atoms with E-state index in [0.717, 1.165) is 21.7 Å². The number of carbonyl (C=O) groups excluding carboxylic acids is 1. The zero-order valence-corrected chi connectivity index (χ0v) is 13.1. The standard InChI is InChI=1S/C16H16FN2O2S/c1-19(2,21)16(20)8-14-10-22-15-7-12(9-18(14)15)11-3-5-13(17)6-4-11/h3-7,9-10,21H,8H2,1-2H3/q+1. The molecule has 3 rings (SSSR count). The van der Waals surface area contributed by atoms with Crippen LogP contribution in [0.4, 0.5) is 4.39 Å². The maximum Gasteiger partial charge on any atom is 0.351 e. The summed E-state index contributed by atoms with van der Waals surface area (Å²) in [6.45, 7) is 0. The first-order valence-corrected chi connectivity index (χ1v) is 7.67. The molecule has 1 aromatic carbocycles. The van der Waals surface area contributed by atoms with Crippen molar-refractivity contribution >= 4 is 22.1 Å². The van der Waals surface area contributed by atoms with E-state index in [1.165, 1.54) is 37.6 Å². The highest BCUT2D eigenvalue weighted by Gasteiger charge is 2.25. The van der Waals surface area contributed by atoms with Crippen LogP contribution >= 0.6 is 11.3 Å². The molecule has 0 saturated carbocycles. The average Bonchev–Trinajstić information content (AvgIpc) is 3.00. The van der Waals surface area contributed by atoms with Crippen LogP contribution in [-0.2, 0) is 11.2 Å². The molecule has 0 saturated heterocycles. The SMILES string of the molecule is C[N+](C)(O)C(=O)Cc1csc2cc(-c3ccc(F)cc3)cn12. The number of carbonyl (C=O) groups is 1. The van der Waals surface area contributed by atoms with Crippen LogP contribution < -0.4 is 0 Å². The number of likely N-dealkylation sites (N-methyl/N-ethyl adjacent to an activating group) is 1. The highest BCUT2D eigenvalue weighted by atomic mass is 32.1. The van der Waals surface area contributed by atoms with Crippen molar-refractivity contribution in [3.05, 3.63) is 53.4 Å². The zero-order chi connectivity index (χ0) is 15.9. The van der Waals surface area contributed by atoms with Gasteiger partial charge in [-0.15, -0.1) is 16.0 Å². The van der Waals surface area contributed by atoms with Gasteiger partial charge in [0.2, 0.25) is 0 Å². The van der Waals surface area contributed by atoms with Crippen molar-refractivity contribution in [3.63, 3.8) is 0 Å². The van der Waals surface area contributed by atoms with E-state index in [2.05, 4.69) is 0 Å². The van der Waals surface area contributed by atoms with E-state index in [1.807, 2.05) is 22.0 Å². The Morgan fingerprint density at radius 2 is 1.95 bits per heavy atom. The molecule has 0 bridgehead atoms. The van der Waals surface area contributed by atoms with E-state index < -0.39 is 4.65 Å². The van der Waals surface area contributed by atoms with E-state index >= 15 is 0 Å². The van der Waals surface area contributed by atoms with Crippen LogP contribution in [0, 0.1) is 5.82 Å². The summed E-state index contributed by atoms with van der Waals surface area (Å²) in [6, 6.07) is 8.32. The number of benzene rings is 1. The molecule has 0 radical (unpaired) electrons. The molecule has 3 aromatic rings. The molecule has 6 heteroatoms. The fraction of sp³-hybridized carbons (Fsp3) is 0.188. The van der Waals surface area contributed by atoms with E-state index in [9.17, 15) is 14.4 Å². The van der Waals surface area contributed by atoms with E-state index in [4.69, 9.17) is 0 Å². The van der Waals surface area contributed by atoms with Gasteiger partial charge in [0.15, 0.2) is 0 Å². The minimum atomic E-state index is -0.691. The molecule has 4 nitrogen and oxygen atoms in total. The Bertz CT molecular complexity index is 828. The van der Waals surface area contributed by atoms with Gasteiger partial charge in [-0.25, -0.2) is 14.4 Å². The molecular weight excluding hydrogens is 303 g/mol. The Kier molecular flexibility index (Phi) is 3.60. The van der Waals surface area contributed by atoms with Gasteiger partial charge in [0.05, 0.1) is 4.83 Å². The van der Waals surface area contributed by atoms with Crippen molar-refractivity contribution < 1.29 is 19.0 Å². The fourth-order valence-corrected chi connectivity index (χ4v) is 3.15. The number of hydrogen-bond acceptors (Lipinski definition) is 3. The van der Waals surface area contributed by atoms with Gasteiger partial charge in [-0.3, -0.25) is 0 Å². The topological polar surface area (TPSA) is 41.7 Å². The predicted octanol–water partition coefficient (Wildman–Crippen LogP) is 3.34. The van der Waals surface area contributed by atoms with Crippen LogP contribution in [0.2, 0.25) is 0 Å². The first-order chi connectivity index (χ1) is 10.3. The van der Waals surface area contributed by atoms with Crippen molar-refractivity contribution in [1.82, 2.24) is 4.40 Å². The predicted molar refractivity (Wildman–Crippen MR) is 83.3 cm³/mol. The molecule has 114 valence electrons. The number of aromatic nitrogens is 1. The Labute approximate surface area is 131 Å². The quantitative estimate of drug-likeness (QED) is 0.457. The van der Waals surface area contributed by atoms with Crippen molar-refractivity contribution in [2.45, 2.75) is 6.42 Å². The highest BCUT2D eigenvalue weighted by molar-refractivity contribution is 7.15. The Morgan fingerprint density at radius 1 is 1.27 bits per heavy atom. The molecular formula is C16H16FN2O2S+. The number of thiazole rings is 1. The van der Waals surface area contributed by atoms with Crippen molar-refractivity contribution in [2.24, 2.45) is 0 Å². The number of fused-ring (bicyclic) bond motifs is 1. The summed E-state index contributed by atoms with van der Waals surface area (Å²) < 4.78 is 14.3. The second kappa shape index (κ2) is 5.31. The lowest BCUT2D eigenvalue weighted by molar-refractivity contribution is -1.01. The monoisotopic (exact) mass is 319 g/mol. The minimum absolute atomic E-state index is 0.154. The normalized spacial score (nSPS) is 12.0. The molecule has 0 aliphatic heterocycles. The lowest BCUT2D eigenvalue weighted by Crippen LogP contribution is -2.43. The van der Waals surface area contributed by atoms with Gasteiger partial charge >= 0.3 is 5.91 Å². The molecule has 0 fully saturated rings. The van der Waals surface area contributed by atoms with Gasteiger partial charge < -0.3 is 4.40 Å². The summed E-state index contributed by atoms with van der Waals surface area (Å²) in [5.41, 5.74) is 2.73. The molecule has 1 N–H and O–H groups in total. The van der Waals surface area contributed by atoms with Gasteiger partial charge in [0.1, 0.15) is 26.3 Å². The third-order valence-corrected chi connectivity index (χ3v) is 4.48. The summed E-state index contributed by atoms with van der Waals surface area (Å²) in [5, 5.41) is 11.6. The van der Waals surface area contributed by atoms with Gasteiger partial charge in [0.25, 0.3) is 0 Å². The molecule has 22 heavy (non-hydrogen) atoms. The maximum absolute atomic E-state index is 13.0. The molecule has 2 aromatic heterocycles. The van der Waals surface area contributed by atoms with Crippen molar-refractivity contribution in [2.75, 3.05) is 14.1 Å². The van der Waals surface area contributed by atoms with Gasteiger partial charge in [-0.05, 0) is 23.8 Å². The van der Waals surface area contributed by atoms with Crippen LogP contribution in [-0.4, -0.2) is 34.3 Å². The largest absolute Gasteiger partial charge is 0.351 e. The first kappa shape index (κ1) is 14.9. The maximum atomic E-state index is 13.0. The second-order valence-corrected chi connectivity index (χ2v) is 6.53. The summed E-state index contributed by atoms with van der Waals surface area (Å²) in [4.78, 5) is 13.0. The van der Waals surface area contributed by atoms with Gasteiger partial charge in [0, 0.05) is 22.8 Å². The van der Waals surface area contributed by atoms with Crippen molar-refractivity contribution in [3.8, 4) is 11.1 Å². The van der Waals surface area contributed by atoms with Gasteiger partial charge in [-0.2, -0.15) is 0 Å². The molecule has 1 amide bonds. The summed E-state index contributed by atoms with van der Waals surface area (Å²) in [5.74, 6) is -0.546. The smallest absolute Gasteiger partial charge is 0.310 e. The number of nitrogens with zero attached hydrogens (tertiary/aromatic N) is 2. The summed E-state index contributed by atoms with van der Waals surface area (Å²) >= 11 is 1.53.